The molecule has 0 aromatic heterocycles. The zero-order chi connectivity index (χ0) is 47.7. The first-order chi connectivity index (χ1) is 33.9. The summed E-state index contributed by atoms with van der Waals surface area (Å²) in [5, 5.41) is 12.5. The van der Waals surface area contributed by atoms with E-state index in [4.69, 9.17) is 80.9 Å². The van der Waals surface area contributed by atoms with Crippen LogP contribution < -0.4 is 20.7 Å². The van der Waals surface area contributed by atoms with Crippen LogP contribution in [0.1, 0.15) is 0 Å². The molecule has 0 heterocycles. The van der Waals surface area contributed by atoms with Crippen molar-refractivity contribution in [3.05, 3.63) is 84.9 Å². The average molecular weight is 983 g/mol. The Labute approximate surface area is 405 Å². The van der Waals surface area contributed by atoms with Gasteiger partial charge in [-0.3, -0.25) is 0 Å². The van der Waals surface area contributed by atoms with Gasteiger partial charge in [0.15, 0.2) is 0 Å². The van der Waals surface area contributed by atoms with Gasteiger partial charge in [-0.1, -0.05) is 72.8 Å². The second-order valence-corrected chi connectivity index (χ2v) is 16.5. The van der Waals surface area contributed by atoms with Crippen LogP contribution in [0.4, 0.5) is 0 Å². The Kier molecular flexibility index (Phi) is 40.8. The maximum atomic E-state index is 8.61. The standard InChI is InChI=1S/C50H79O17P/c51-15-16-52-17-18-53-19-20-54-21-22-55-23-24-56-25-26-57-27-28-58-29-30-59-31-32-60-33-34-61-35-36-62-37-38-63-39-40-64-41-42-65-43-44-66-45-46-67-47-11-13-50(14-12-47)68(48-7-3-1-4-8-48)49-9-5-2-6-10-49/h1-14,51H,15-46H2. The van der Waals surface area contributed by atoms with E-state index in [2.05, 4.69) is 72.8 Å². The van der Waals surface area contributed by atoms with Crippen molar-refractivity contribution in [2.75, 3.05) is 211 Å². The van der Waals surface area contributed by atoms with E-state index >= 15 is 0 Å². The van der Waals surface area contributed by atoms with Gasteiger partial charge in [0, 0.05) is 0 Å². The van der Waals surface area contributed by atoms with E-state index in [1.807, 2.05) is 12.1 Å². The van der Waals surface area contributed by atoms with Crippen molar-refractivity contribution in [1.82, 2.24) is 0 Å². The summed E-state index contributed by atoms with van der Waals surface area (Å²) < 4.78 is 88.2. The summed E-state index contributed by atoms with van der Waals surface area (Å²) in [6, 6.07) is 29.7. The van der Waals surface area contributed by atoms with Gasteiger partial charge in [0.1, 0.15) is 12.4 Å². The Balaban J connectivity index is 0.926. The molecule has 0 unspecified atom stereocenters. The summed E-state index contributed by atoms with van der Waals surface area (Å²) in [7, 11) is -0.634. The lowest BCUT2D eigenvalue weighted by Crippen LogP contribution is -2.20. The van der Waals surface area contributed by atoms with Crippen molar-refractivity contribution in [3.63, 3.8) is 0 Å². The van der Waals surface area contributed by atoms with E-state index in [9.17, 15) is 0 Å². The van der Waals surface area contributed by atoms with Crippen LogP contribution in [-0.2, 0) is 71.1 Å². The van der Waals surface area contributed by atoms with Gasteiger partial charge in [0.25, 0.3) is 0 Å². The molecular formula is C50H79O17P. The molecule has 0 amide bonds. The second kappa shape index (κ2) is 46.6. The fourth-order valence-electron chi connectivity index (χ4n) is 5.76. The van der Waals surface area contributed by atoms with E-state index in [0.717, 1.165) is 5.75 Å². The summed E-state index contributed by atoms with van der Waals surface area (Å²) in [6.45, 7) is 15.1. The van der Waals surface area contributed by atoms with Gasteiger partial charge in [0.05, 0.1) is 205 Å². The highest BCUT2D eigenvalue weighted by Crippen LogP contribution is 2.33. The molecule has 0 radical (unpaired) electrons. The van der Waals surface area contributed by atoms with Crippen molar-refractivity contribution in [2.24, 2.45) is 0 Å². The summed E-state index contributed by atoms with van der Waals surface area (Å²) in [5.74, 6) is 0.829. The topological polar surface area (TPSA) is 168 Å². The Morgan fingerprint density at radius 3 is 0.676 bits per heavy atom. The first kappa shape index (κ1) is 59.6. The molecule has 3 aromatic rings. The number of rotatable bonds is 51. The SMILES string of the molecule is OCCOCCOCCOCCOCCOCCOCCOCCOCCOCCOCCOCCOCCOCCOCCOCCOc1ccc(P(c2ccccc2)c2ccccc2)cc1. The molecule has 18 heteroatoms. The second-order valence-electron chi connectivity index (χ2n) is 14.3. The van der Waals surface area contributed by atoms with Gasteiger partial charge in [-0.2, -0.15) is 0 Å². The molecule has 0 saturated heterocycles. The average Bonchev–Trinajstić information content (AvgIpc) is 3.37. The van der Waals surface area contributed by atoms with E-state index < -0.39 is 7.92 Å². The van der Waals surface area contributed by atoms with Crippen molar-refractivity contribution >= 4 is 23.8 Å². The summed E-state index contributed by atoms with van der Waals surface area (Å²) in [6.07, 6.45) is 0. The first-order valence-electron chi connectivity index (χ1n) is 23.8. The Morgan fingerprint density at radius 1 is 0.235 bits per heavy atom. The molecule has 0 aliphatic rings. The number of hydrogen-bond acceptors (Lipinski definition) is 17. The van der Waals surface area contributed by atoms with E-state index in [0.29, 0.717) is 205 Å². The largest absolute Gasteiger partial charge is 0.491 e. The van der Waals surface area contributed by atoms with Crippen LogP contribution in [0.3, 0.4) is 0 Å². The summed E-state index contributed by atoms with van der Waals surface area (Å²) >= 11 is 0. The zero-order valence-corrected chi connectivity index (χ0v) is 41.0. The van der Waals surface area contributed by atoms with Crippen LogP contribution in [0.25, 0.3) is 0 Å². The van der Waals surface area contributed by atoms with Crippen LogP contribution in [0, 0.1) is 0 Å². The zero-order valence-electron chi connectivity index (χ0n) is 40.1. The highest BCUT2D eigenvalue weighted by molar-refractivity contribution is 7.79. The number of aliphatic hydroxyl groups excluding tert-OH is 1. The lowest BCUT2D eigenvalue weighted by molar-refractivity contribution is -0.0302. The minimum Gasteiger partial charge on any atom is -0.491 e. The Bertz CT molecular complexity index is 1430. The molecular weight excluding hydrogens is 904 g/mol. The Morgan fingerprint density at radius 2 is 0.441 bits per heavy atom. The van der Waals surface area contributed by atoms with Gasteiger partial charge in [-0.15, -0.1) is 0 Å². The van der Waals surface area contributed by atoms with Gasteiger partial charge in [0.2, 0.25) is 0 Å². The molecule has 68 heavy (non-hydrogen) atoms. The van der Waals surface area contributed by atoms with Crippen molar-refractivity contribution < 1.29 is 80.9 Å². The lowest BCUT2D eigenvalue weighted by atomic mass is 10.3. The minimum absolute atomic E-state index is 0.0204. The van der Waals surface area contributed by atoms with Crippen LogP contribution in [0.5, 0.6) is 5.75 Å². The van der Waals surface area contributed by atoms with Gasteiger partial charge >= 0.3 is 0 Å². The van der Waals surface area contributed by atoms with E-state index in [1.165, 1.54) is 15.9 Å². The molecule has 0 aliphatic carbocycles. The molecule has 17 nitrogen and oxygen atoms in total. The van der Waals surface area contributed by atoms with Crippen molar-refractivity contribution in [3.8, 4) is 5.75 Å². The van der Waals surface area contributed by atoms with Crippen LogP contribution >= 0.6 is 7.92 Å². The molecule has 0 saturated carbocycles. The maximum Gasteiger partial charge on any atom is 0.119 e. The van der Waals surface area contributed by atoms with Crippen LogP contribution in [0.2, 0.25) is 0 Å². The minimum atomic E-state index is -0.634. The highest BCUT2D eigenvalue weighted by Gasteiger charge is 2.16. The first-order valence-corrected chi connectivity index (χ1v) is 25.1. The molecule has 3 rings (SSSR count). The smallest absolute Gasteiger partial charge is 0.119 e. The molecule has 3 aromatic carbocycles. The predicted molar refractivity (Wildman–Crippen MR) is 260 cm³/mol. The highest BCUT2D eigenvalue weighted by atomic mass is 31.1. The van der Waals surface area contributed by atoms with E-state index in [1.54, 1.807) is 0 Å². The molecule has 386 valence electrons. The number of ether oxygens (including phenoxy) is 16. The lowest BCUT2D eigenvalue weighted by Gasteiger charge is -2.19. The number of hydrogen-bond donors (Lipinski definition) is 1. The number of benzene rings is 3. The molecule has 1 N–H and O–H groups in total. The van der Waals surface area contributed by atoms with Gasteiger partial charge < -0.3 is 80.9 Å². The maximum absolute atomic E-state index is 8.61. The van der Waals surface area contributed by atoms with Gasteiger partial charge in [-0.05, 0) is 36.0 Å². The molecule has 0 bridgehead atoms. The third-order valence-corrected chi connectivity index (χ3v) is 11.5. The monoisotopic (exact) mass is 983 g/mol. The molecule has 0 atom stereocenters. The summed E-state index contributed by atoms with van der Waals surface area (Å²) in [4.78, 5) is 0. The molecule has 0 fully saturated rings. The van der Waals surface area contributed by atoms with Crippen molar-refractivity contribution in [2.45, 2.75) is 0 Å². The fourth-order valence-corrected chi connectivity index (χ4v) is 8.04. The van der Waals surface area contributed by atoms with E-state index in [-0.39, 0.29) is 6.61 Å². The molecule has 0 aliphatic heterocycles. The third-order valence-electron chi connectivity index (χ3n) is 9.06. The van der Waals surface area contributed by atoms with Crippen LogP contribution in [0.15, 0.2) is 84.9 Å². The number of aliphatic hydroxyl groups is 1. The fraction of sp³-hybridized carbons (Fsp3) is 0.640. The third kappa shape index (κ3) is 34.5. The normalized spacial score (nSPS) is 11.6. The summed E-state index contributed by atoms with van der Waals surface area (Å²) in [5.41, 5.74) is 0. The van der Waals surface area contributed by atoms with Crippen LogP contribution in [-0.4, -0.2) is 217 Å². The predicted octanol–water partition coefficient (Wildman–Crippen LogP) is 3.06. The molecule has 0 spiro atoms. The van der Waals surface area contributed by atoms with Gasteiger partial charge in [-0.25, -0.2) is 0 Å². The quantitative estimate of drug-likeness (QED) is 0.0647. The van der Waals surface area contributed by atoms with Crippen molar-refractivity contribution in [1.29, 1.82) is 0 Å². The Hall–Kier alpha value is -2.75.